The Balaban J connectivity index is 2.20. The van der Waals surface area contributed by atoms with E-state index in [4.69, 9.17) is 0 Å². The molecule has 18 heavy (non-hydrogen) atoms. The molecule has 0 spiro atoms. The minimum absolute atomic E-state index is 0.0436. The number of rotatable bonds is 6. The van der Waals surface area contributed by atoms with Gasteiger partial charge in [0.05, 0.1) is 12.6 Å². The molecule has 0 radical (unpaired) electrons. The number of hydrogen-bond acceptors (Lipinski definition) is 3. The average Bonchev–Trinajstić information content (AvgIpc) is 2.86. The molecule has 0 aromatic rings. The molecule has 104 valence electrons. The Morgan fingerprint density at radius 3 is 2.33 bits per heavy atom. The van der Waals surface area contributed by atoms with Gasteiger partial charge in [-0.1, -0.05) is 13.8 Å². The fourth-order valence-electron chi connectivity index (χ4n) is 1.87. The molecule has 1 atom stereocenters. The molecule has 5 heteroatoms. The van der Waals surface area contributed by atoms with Crippen LogP contribution in [0, 0.1) is 5.92 Å². The van der Waals surface area contributed by atoms with E-state index in [1.165, 1.54) is 0 Å². The number of hydrogen-bond donors (Lipinski definition) is 2. The molecule has 1 heterocycles. The third-order valence-electron chi connectivity index (χ3n) is 3.10. The molecule has 1 aliphatic rings. The van der Waals surface area contributed by atoms with Gasteiger partial charge in [0.1, 0.15) is 0 Å². The number of amides is 2. The van der Waals surface area contributed by atoms with Gasteiger partial charge in [-0.3, -0.25) is 14.9 Å². The highest BCUT2D eigenvalue weighted by Gasteiger charge is 2.19. The number of nitrogens with zero attached hydrogens (tertiary/aromatic N) is 1. The molecule has 0 saturated carbocycles. The monoisotopic (exact) mass is 255 g/mol. The Bertz CT molecular complexity index is 286. The van der Waals surface area contributed by atoms with Gasteiger partial charge in [0.2, 0.25) is 11.8 Å². The highest BCUT2D eigenvalue weighted by atomic mass is 16.2. The van der Waals surface area contributed by atoms with E-state index in [1.807, 2.05) is 4.90 Å². The second-order valence-corrected chi connectivity index (χ2v) is 5.33. The fraction of sp³-hybridized carbons (Fsp3) is 0.846. The Hall–Kier alpha value is -1.10. The second-order valence-electron chi connectivity index (χ2n) is 5.33. The van der Waals surface area contributed by atoms with Crippen molar-refractivity contribution in [3.05, 3.63) is 0 Å². The molecule has 0 bridgehead atoms. The maximum absolute atomic E-state index is 11.8. The van der Waals surface area contributed by atoms with Crippen molar-refractivity contribution < 1.29 is 9.59 Å². The minimum Gasteiger partial charge on any atom is -0.354 e. The lowest BCUT2D eigenvalue weighted by Gasteiger charge is -2.18. The van der Waals surface area contributed by atoms with Crippen LogP contribution in [0.2, 0.25) is 0 Å². The molecule has 2 amide bonds. The topological polar surface area (TPSA) is 61.4 Å². The first-order valence-corrected chi connectivity index (χ1v) is 6.79. The van der Waals surface area contributed by atoms with Gasteiger partial charge in [-0.05, 0) is 25.7 Å². The van der Waals surface area contributed by atoms with Gasteiger partial charge in [-0.25, -0.2) is 0 Å². The molecule has 0 aromatic carbocycles. The molecule has 1 unspecified atom stereocenters. The van der Waals surface area contributed by atoms with Crippen molar-refractivity contribution in [1.82, 2.24) is 15.5 Å². The number of likely N-dealkylation sites (tertiary alicyclic amines) is 1. The van der Waals surface area contributed by atoms with E-state index < -0.39 is 0 Å². The van der Waals surface area contributed by atoms with Crippen LogP contribution in [0.4, 0.5) is 0 Å². The molecule has 2 N–H and O–H groups in total. The second kappa shape index (κ2) is 7.36. The van der Waals surface area contributed by atoms with Crippen LogP contribution in [-0.2, 0) is 9.59 Å². The van der Waals surface area contributed by atoms with Crippen molar-refractivity contribution >= 4 is 11.8 Å². The van der Waals surface area contributed by atoms with Crippen LogP contribution in [0.25, 0.3) is 0 Å². The summed E-state index contributed by atoms with van der Waals surface area (Å²) < 4.78 is 0. The highest BCUT2D eigenvalue weighted by Crippen LogP contribution is 2.06. The number of nitrogens with one attached hydrogen (secondary N) is 2. The Kier molecular flexibility index (Phi) is 6.12. The van der Waals surface area contributed by atoms with E-state index in [0.717, 1.165) is 25.9 Å². The predicted octanol–water partition coefficient (Wildman–Crippen LogP) is 0.359. The summed E-state index contributed by atoms with van der Waals surface area (Å²) in [6, 6.07) is -0.324. The minimum atomic E-state index is -0.324. The molecule has 5 nitrogen and oxygen atoms in total. The van der Waals surface area contributed by atoms with Gasteiger partial charge < -0.3 is 10.2 Å². The van der Waals surface area contributed by atoms with Crippen LogP contribution < -0.4 is 10.6 Å². The quantitative estimate of drug-likeness (QED) is 0.720. The van der Waals surface area contributed by atoms with Crippen LogP contribution in [0.1, 0.15) is 33.6 Å². The fourth-order valence-corrected chi connectivity index (χ4v) is 1.87. The Morgan fingerprint density at radius 2 is 1.78 bits per heavy atom. The molecule has 1 rings (SSSR count). The van der Waals surface area contributed by atoms with Gasteiger partial charge in [0.15, 0.2) is 0 Å². The maximum Gasteiger partial charge on any atom is 0.236 e. The number of carbonyl (C=O) groups is 2. The van der Waals surface area contributed by atoms with Crippen molar-refractivity contribution in [3.8, 4) is 0 Å². The molecule has 0 aromatic heterocycles. The number of carbonyl (C=O) groups excluding carboxylic acids is 2. The average molecular weight is 255 g/mol. The standard InChI is InChI=1S/C13H25N3O2/c1-10(2)8-15-13(18)11(3)14-9-12(17)16-6-4-5-7-16/h10-11,14H,4-9H2,1-3H3,(H,15,18). The summed E-state index contributed by atoms with van der Waals surface area (Å²) in [5.41, 5.74) is 0. The van der Waals surface area contributed by atoms with Crippen molar-refractivity contribution in [2.45, 2.75) is 39.7 Å². The largest absolute Gasteiger partial charge is 0.354 e. The van der Waals surface area contributed by atoms with Gasteiger partial charge in [-0.15, -0.1) is 0 Å². The first-order valence-electron chi connectivity index (χ1n) is 6.79. The third-order valence-corrected chi connectivity index (χ3v) is 3.10. The van der Waals surface area contributed by atoms with E-state index in [2.05, 4.69) is 24.5 Å². The third kappa shape index (κ3) is 5.04. The zero-order valence-corrected chi connectivity index (χ0v) is 11.7. The Morgan fingerprint density at radius 1 is 1.17 bits per heavy atom. The van der Waals surface area contributed by atoms with Crippen molar-refractivity contribution in [1.29, 1.82) is 0 Å². The van der Waals surface area contributed by atoms with Crippen molar-refractivity contribution in [3.63, 3.8) is 0 Å². The molecular formula is C13H25N3O2. The molecule has 0 aliphatic carbocycles. The lowest BCUT2D eigenvalue weighted by atomic mass is 10.2. The van der Waals surface area contributed by atoms with Crippen LogP contribution in [0.5, 0.6) is 0 Å². The lowest BCUT2D eigenvalue weighted by molar-refractivity contribution is -0.129. The van der Waals surface area contributed by atoms with E-state index in [1.54, 1.807) is 6.92 Å². The molecular weight excluding hydrogens is 230 g/mol. The summed E-state index contributed by atoms with van der Waals surface area (Å²) >= 11 is 0. The van der Waals surface area contributed by atoms with Crippen LogP contribution in [0.15, 0.2) is 0 Å². The van der Waals surface area contributed by atoms with E-state index >= 15 is 0 Å². The normalized spacial score (nSPS) is 17.0. The van der Waals surface area contributed by atoms with Crippen LogP contribution in [-0.4, -0.2) is 48.9 Å². The summed E-state index contributed by atoms with van der Waals surface area (Å²) in [4.78, 5) is 25.3. The van der Waals surface area contributed by atoms with Crippen LogP contribution in [0.3, 0.4) is 0 Å². The smallest absolute Gasteiger partial charge is 0.236 e. The molecule has 1 fully saturated rings. The van der Waals surface area contributed by atoms with E-state index in [9.17, 15) is 9.59 Å². The van der Waals surface area contributed by atoms with Gasteiger partial charge in [0, 0.05) is 19.6 Å². The molecule has 1 saturated heterocycles. The van der Waals surface area contributed by atoms with Gasteiger partial charge in [-0.2, -0.15) is 0 Å². The SMILES string of the molecule is CC(C)CNC(=O)C(C)NCC(=O)N1CCCC1. The highest BCUT2D eigenvalue weighted by molar-refractivity contribution is 5.83. The van der Waals surface area contributed by atoms with Gasteiger partial charge >= 0.3 is 0 Å². The van der Waals surface area contributed by atoms with Crippen LogP contribution >= 0.6 is 0 Å². The zero-order valence-electron chi connectivity index (χ0n) is 11.7. The Labute approximate surface area is 109 Å². The summed E-state index contributed by atoms with van der Waals surface area (Å²) in [5, 5.41) is 5.83. The summed E-state index contributed by atoms with van der Waals surface area (Å²) in [6.07, 6.45) is 2.19. The summed E-state index contributed by atoms with van der Waals surface area (Å²) in [5.74, 6) is 0.487. The lowest BCUT2D eigenvalue weighted by Crippen LogP contribution is -2.47. The first kappa shape index (κ1) is 15.0. The van der Waals surface area contributed by atoms with E-state index in [-0.39, 0.29) is 24.4 Å². The van der Waals surface area contributed by atoms with E-state index in [0.29, 0.717) is 12.5 Å². The summed E-state index contributed by atoms with van der Waals surface area (Å²) in [7, 11) is 0. The predicted molar refractivity (Wildman–Crippen MR) is 71.1 cm³/mol. The summed E-state index contributed by atoms with van der Waals surface area (Å²) in [6.45, 7) is 8.52. The first-order chi connectivity index (χ1) is 8.50. The molecule has 1 aliphatic heterocycles. The zero-order chi connectivity index (χ0) is 13.5. The van der Waals surface area contributed by atoms with Gasteiger partial charge in [0.25, 0.3) is 0 Å². The van der Waals surface area contributed by atoms with Crippen molar-refractivity contribution in [2.75, 3.05) is 26.2 Å². The maximum atomic E-state index is 11.8. The van der Waals surface area contributed by atoms with Crippen molar-refractivity contribution in [2.24, 2.45) is 5.92 Å².